The highest BCUT2D eigenvalue weighted by Gasteiger charge is 2.27. The number of hydrogen-bond acceptors (Lipinski definition) is 3. The zero-order valence-electron chi connectivity index (χ0n) is 9.32. The molecule has 0 aliphatic heterocycles. The molecule has 0 fully saturated rings. The predicted octanol–water partition coefficient (Wildman–Crippen LogP) is 2.92. The summed E-state index contributed by atoms with van der Waals surface area (Å²) in [5.41, 5.74) is 0.913. The van der Waals surface area contributed by atoms with Crippen LogP contribution in [0.1, 0.15) is 28.9 Å². The second-order valence-corrected chi connectivity index (χ2v) is 4.64. The van der Waals surface area contributed by atoms with Gasteiger partial charge in [-0.05, 0) is 13.5 Å². The van der Waals surface area contributed by atoms with Crippen molar-refractivity contribution in [2.45, 2.75) is 38.9 Å². The largest absolute Gasteiger partial charge is 0.389 e. The molecule has 0 radical (unpaired) electrons. The van der Waals surface area contributed by atoms with Gasteiger partial charge < -0.3 is 5.32 Å². The zero-order valence-corrected chi connectivity index (χ0v) is 10.1. The van der Waals surface area contributed by atoms with Crippen LogP contribution >= 0.6 is 11.3 Å². The average Bonchev–Trinajstić information content (AvgIpc) is 2.57. The van der Waals surface area contributed by atoms with Gasteiger partial charge in [0.1, 0.15) is 0 Å². The molecule has 0 aliphatic rings. The van der Waals surface area contributed by atoms with E-state index in [4.69, 9.17) is 0 Å². The minimum atomic E-state index is -4.10. The van der Waals surface area contributed by atoms with Gasteiger partial charge in [-0.25, -0.2) is 4.98 Å². The Morgan fingerprint density at radius 3 is 2.56 bits per heavy atom. The average molecular weight is 252 g/mol. The van der Waals surface area contributed by atoms with Crippen molar-refractivity contribution >= 4 is 11.3 Å². The summed E-state index contributed by atoms with van der Waals surface area (Å²) in [7, 11) is 1.81. The summed E-state index contributed by atoms with van der Waals surface area (Å²) in [5.74, 6) is 0. The molecule has 16 heavy (non-hydrogen) atoms. The van der Waals surface area contributed by atoms with Crippen molar-refractivity contribution in [3.8, 4) is 0 Å². The van der Waals surface area contributed by atoms with Crippen molar-refractivity contribution in [2.75, 3.05) is 7.05 Å². The van der Waals surface area contributed by atoms with Crippen molar-refractivity contribution in [3.05, 3.63) is 15.6 Å². The molecule has 1 N–H and O–H groups in total. The van der Waals surface area contributed by atoms with Gasteiger partial charge in [0, 0.05) is 24.3 Å². The van der Waals surface area contributed by atoms with Crippen LogP contribution in [-0.4, -0.2) is 18.2 Å². The van der Waals surface area contributed by atoms with Gasteiger partial charge >= 0.3 is 6.18 Å². The summed E-state index contributed by atoms with van der Waals surface area (Å²) < 4.78 is 36.1. The molecule has 0 bridgehead atoms. The topological polar surface area (TPSA) is 24.9 Å². The molecule has 0 saturated heterocycles. The summed E-state index contributed by atoms with van der Waals surface area (Å²) in [6.07, 6.45) is -4.13. The van der Waals surface area contributed by atoms with Crippen molar-refractivity contribution < 1.29 is 13.2 Å². The summed E-state index contributed by atoms with van der Waals surface area (Å²) in [4.78, 5) is 5.27. The Kier molecular flexibility index (Phi) is 4.73. The van der Waals surface area contributed by atoms with Crippen LogP contribution in [0.25, 0.3) is 0 Å². The smallest absolute Gasteiger partial charge is 0.315 e. The fourth-order valence-corrected chi connectivity index (χ4v) is 2.54. The van der Waals surface area contributed by atoms with Gasteiger partial charge in [0.2, 0.25) is 0 Å². The third-order valence-electron chi connectivity index (χ3n) is 2.12. The van der Waals surface area contributed by atoms with Gasteiger partial charge in [-0.3, -0.25) is 0 Å². The number of nitrogens with one attached hydrogen (secondary N) is 1. The van der Waals surface area contributed by atoms with Gasteiger partial charge in [-0.15, -0.1) is 11.3 Å². The monoisotopic (exact) mass is 252 g/mol. The molecule has 0 unspecified atom stereocenters. The van der Waals surface area contributed by atoms with E-state index in [0.29, 0.717) is 11.6 Å². The molecule has 0 amide bonds. The molecular formula is C10H15F3N2S. The Balaban J connectivity index is 2.67. The third-order valence-corrected chi connectivity index (χ3v) is 3.27. The molecule has 1 heterocycles. The lowest BCUT2D eigenvalue weighted by Gasteiger charge is -2.02. The van der Waals surface area contributed by atoms with Crippen LogP contribution in [-0.2, 0) is 19.4 Å². The van der Waals surface area contributed by atoms with Crippen molar-refractivity contribution in [1.29, 1.82) is 0 Å². The molecule has 0 saturated carbocycles. The molecule has 0 aliphatic carbocycles. The van der Waals surface area contributed by atoms with Crippen molar-refractivity contribution in [3.63, 3.8) is 0 Å². The Morgan fingerprint density at radius 1 is 1.38 bits per heavy atom. The fraction of sp³-hybridized carbons (Fsp3) is 0.700. The molecule has 92 valence electrons. The number of aromatic nitrogens is 1. The maximum absolute atomic E-state index is 12.0. The minimum Gasteiger partial charge on any atom is -0.315 e. The maximum Gasteiger partial charge on any atom is 0.389 e. The number of halogens is 3. The summed E-state index contributed by atoms with van der Waals surface area (Å²) >= 11 is 1.38. The Morgan fingerprint density at radius 2 is 2.06 bits per heavy atom. The van der Waals surface area contributed by atoms with E-state index in [2.05, 4.69) is 10.3 Å². The minimum absolute atomic E-state index is 0.00905. The third kappa shape index (κ3) is 4.09. The molecule has 0 spiro atoms. The van der Waals surface area contributed by atoms with Crippen molar-refractivity contribution in [1.82, 2.24) is 10.3 Å². The highest BCUT2D eigenvalue weighted by molar-refractivity contribution is 7.11. The van der Waals surface area contributed by atoms with Crippen LogP contribution < -0.4 is 5.32 Å². The van der Waals surface area contributed by atoms with Gasteiger partial charge in [0.15, 0.2) is 0 Å². The Bertz CT molecular complexity index is 333. The lowest BCUT2D eigenvalue weighted by Crippen LogP contribution is -2.08. The number of thiazole rings is 1. The predicted molar refractivity (Wildman–Crippen MR) is 58.6 cm³/mol. The van der Waals surface area contributed by atoms with Crippen LogP contribution in [0, 0.1) is 0 Å². The lowest BCUT2D eigenvalue weighted by molar-refractivity contribution is -0.134. The first kappa shape index (κ1) is 13.4. The molecule has 0 aromatic carbocycles. The van der Waals surface area contributed by atoms with Crippen LogP contribution in [0.15, 0.2) is 0 Å². The second kappa shape index (κ2) is 5.63. The Hall–Kier alpha value is -0.620. The first-order valence-corrected chi connectivity index (χ1v) is 5.96. The van der Waals surface area contributed by atoms with E-state index < -0.39 is 12.6 Å². The number of nitrogens with zero attached hydrogens (tertiary/aromatic N) is 1. The van der Waals surface area contributed by atoms with Gasteiger partial charge in [-0.2, -0.15) is 13.2 Å². The normalized spacial score (nSPS) is 12.1. The first-order chi connectivity index (χ1) is 7.46. The molecule has 1 rings (SSSR count). The first-order valence-electron chi connectivity index (χ1n) is 5.15. The quantitative estimate of drug-likeness (QED) is 0.871. The molecule has 0 atom stereocenters. The van der Waals surface area contributed by atoms with E-state index >= 15 is 0 Å². The van der Waals surface area contributed by atoms with E-state index in [1.807, 2.05) is 14.0 Å². The molecule has 1 aromatic heterocycles. The van der Waals surface area contributed by atoms with Gasteiger partial charge in [0.05, 0.1) is 10.7 Å². The highest BCUT2D eigenvalue weighted by atomic mass is 32.1. The summed E-state index contributed by atoms with van der Waals surface area (Å²) in [6.45, 7) is 2.63. The standard InChI is InChI=1S/C10H15F3N2S/c1-3-7-8(6-14-2)16-9(15-7)4-5-10(11,12)13/h14H,3-6H2,1-2H3. The van der Waals surface area contributed by atoms with E-state index in [1.54, 1.807) is 0 Å². The lowest BCUT2D eigenvalue weighted by atomic mass is 10.3. The van der Waals surface area contributed by atoms with E-state index in [-0.39, 0.29) is 6.42 Å². The molecule has 6 heteroatoms. The number of hydrogen-bond donors (Lipinski definition) is 1. The van der Waals surface area contributed by atoms with E-state index in [1.165, 1.54) is 11.3 Å². The SMILES string of the molecule is CCc1nc(CCC(F)(F)F)sc1CNC. The maximum atomic E-state index is 12.0. The summed E-state index contributed by atoms with van der Waals surface area (Å²) in [5, 5.41) is 3.58. The van der Waals surface area contributed by atoms with Gasteiger partial charge in [-0.1, -0.05) is 6.92 Å². The second-order valence-electron chi connectivity index (χ2n) is 3.48. The van der Waals surface area contributed by atoms with Crippen molar-refractivity contribution in [2.24, 2.45) is 0 Å². The zero-order chi connectivity index (χ0) is 12.2. The van der Waals surface area contributed by atoms with Crippen LogP contribution in [0.3, 0.4) is 0 Å². The molecular weight excluding hydrogens is 237 g/mol. The fourth-order valence-electron chi connectivity index (χ4n) is 1.37. The highest BCUT2D eigenvalue weighted by Crippen LogP contribution is 2.25. The van der Waals surface area contributed by atoms with Gasteiger partial charge in [0.25, 0.3) is 0 Å². The van der Waals surface area contributed by atoms with Crippen LogP contribution in [0.5, 0.6) is 0 Å². The number of alkyl halides is 3. The van der Waals surface area contributed by atoms with Crippen LogP contribution in [0.2, 0.25) is 0 Å². The molecule has 1 aromatic rings. The number of aryl methyl sites for hydroxylation is 2. The van der Waals surface area contributed by atoms with E-state index in [0.717, 1.165) is 17.0 Å². The van der Waals surface area contributed by atoms with Crippen LogP contribution in [0.4, 0.5) is 13.2 Å². The van der Waals surface area contributed by atoms with E-state index in [9.17, 15) is 13.2 Å². The summed E-state index contributed by atoms with van der Waals surface area (Å²) in [6, 6.07) is 0. The Labute approximate surface area is 96.9 Å². The molecule has 2 nitrogen and oxygen atoms in total. The number of rotatable bonds is 5.